The van der Waals surface area contributed by atoms with Gasteiger partial charge in [-0.3, -0.25) is 4.79 Å². The Balaban J connectivity index is 1.90. The molecule has 0 saturated carbocycles. The Morgan fingerprint density at radius 3 is 2.50 bits per heavy atom. The van der Waals surface area contributed by atoms with Gasteiger partial charge in [0.15, 0.2) is 5.96 Å². The Hall–Kier alpha value is -2.94. The lowest BCUT2D eigenvalue weighted by atomic mass is 10.2. The number of benzene rings is 1. The molecule has 1 aromatic carbocycles. The van der Waals surface area contributed by atoms with Gasteiger partial charge in [0, 0.05) is 63.6 Å². The average molecular weight is 448 g/mol. The van der Waals surface area contributed by atoms with Crippen molar-refractivity contribution in [2.24, 2.45) is 4.99 Å². The third-order valence-electron chi connectivity index (χ3n) is 4.93. The van der Waals surface area contributed by atoms with Crippen LogP contribution >= 0.6 is 0 Å². The number of amides is 1. The van der Waals surface area contributed by atoms with E-state index in [9.17, 15) is 4.79 Å². The van der Waals surface area contributed by atoms with Crippen LogP contribution in [0.4, 0.5) is 0 Å². The van der Waals surface area contributed by atoms with Crippen molar-refractivity contribution < 1.29 is 19.0 Å². The maximum atomic E-state index is 11.9. The summed E-state index contributed by atoms with van der Waals surface area (Å²) in [7, 11) is 6.76. The van der Waals surface area contributed by atoms with Crippen LogP contribution in [0.25, 0.3) is 10.9 Å². The molecule has 1 heterocycles. The largest absolute Gasteiger partial charge is 0.497 e. The van der Waals surface area contributed by atoms with Gasteiger partial charge in [0.05, 0.1) is 19.7 Å². The van der Waals surface area contributed by atoms with Crippen molar-refractivity contribution in [3.05, 3.63) is 23.9 Å². The highest BCUT2D eigenvalue weighted by atomic mass is 16.5. The van der Waals surface area contributed by atoms with Crippen molar-refractivity contribution in [3.63, 3.8) is 0 Å². The first-order valence-electron chi connectivity index (χ1n) is 11.0. The Bertz CT molecular complexity index is 879. The number of nitrogens with zero attached hydrogens (tertiary/aromatic N) is 2. The van der Waals surface area contributed by atoms with Crippen molar-refractivity contribution >= 4 is 22.8 Å². The van der Waals surface area contributed by atoms with Crippen LogP contribution in [0.3, 0.4) is 0 Å². The third kappa shape index (κ3) is 7.96. The van der Waals surface area contributed by atoms with Gasteiger partial charge in [-0.05, 0) is 32.3 Å². The second-order valence-corrected chi connectivity index (χ2v) is 7.55. The maximum Gasteiger partial charge on any atom is 0.243 e. The van der Waals surface area contributed by atoms with Crippen molar-refractivity contribution in [3.8, 4) is 11.5 Å². The van der Waals surface area contributed by atoms with E-state index in [0.717, 1.165) is 60.4 Å². The molecule has 0 fully saturated rings. The maximum absolute atomic E-state index is 11.9. The molecule has 0 saturated heterocycles. The molecule has 178 valence electrons. The quantitative estimate of drug-likeness (QED) is 0.247. The predicted octanol–water partition coefficient (Wildman–Crippen LogP) is 2.17. The molecular formula is C23H37N5O4. The summed E-state index contributed by atoms with van der Waals surface area (Å²) in [4.78, 5) is 21.3. The van der Waals surface area contributed by atoms with E-state index in [1.807, 2.05) is 19.1 Å². The fourth-order valence-corrected chi connectivity index (χ4v) is 3.13. The number of aromatic amines is 1. The van der Waals surface area contributed by atoms with Gasteiger partial charge in [0.1, 0.15) is 18.0 Å². The fraction of sp³-hybridized carbons (Fsp3) is 0.565. The second kappa shape index (κ2) is 13.5. The number of ether oxygens (including phenoxy) is 3. The van der Waals surface area contributed by atoms with E-state index in [1.54, 1.807) is 28.3 Å². The van der Waals surface area contributed by atoms with Crippen molar-refractivity contribution in [2.45, 2.75) is 26.2 Å². The van der Waals surface area contributed by atoms with Gasteiger partial charge in [0.2, 0.25) is 5.91 Å². The number of H-pyrrole nitrogens is 1. The molecule has 9 nitrogen and oxygen atoms in total. The Morgan fingerprint density at radius 2 is 1.84 bits per heavy atom. The van der Waals surface area contributed by atoms with Crippen LogP contribution in [0, 0.1) is 0 Å². The van der Waals surface area contributed by atoms with E-state index in [4.69, 9.17) is 14.2 Å². The summed E-state index contributed by atoms with van der Waals surface area (Å²) in [6, 6.07) is 5.97. The molecular weight excluding hydrogens is 410 g/mol. The zero-order valence-corrected chi connectivity index (χ0v) is 19.9. The summed E-state index contributed by atoms with van der Waals surface area (Å²) in [6.45, 7) is 4.95. The van der Waals surface area contributed by atoms with Crippen LogP contribution < -0.4 is 20.1 Å². The molecule has 0 aliphatic heterocycles. The lowest BCUT2D eigenvalue weighted by Crippen LogP contribution is -2.39. The smallest absolute Gasteiger partial charge is 0.243 e. The van der Waals surface area contributed by atoms with Crippen LogP contribution in [-0.4, -0.2) is 82.9 Å². The minimum absolute atomic E-state index is 0.0390. The number of aliphatic imine (C=N–C) groups is 1. The number of aryl methyl sites for hydroxylation is 1. The highest BCUT2D eigenvalue weighted by Crippen LogP contribution is 2.31. The molecule has 0 bridgehead atoms. The molecule has 32 heavy (non-hydrogen) atoms. The average Bonchev–Trinajstić information content (AvgIpc) is 3.21. The summed E-state index contributed by atoms with van der Waals surface area (Å²) >= 11 is 0. The molecule has 1 aromatic heterocycles. The lowest BCUT2D eigenvalue weighted by molar-refractivity contribution is -0.127. The zero-order chi connectivity index (χ0) is 23.3. The number of methoxy groups -OCH3 is 2. The first-order chi connectivity index (χ1) is 15.5. The summed E-state index contributed by atoms with van der Waals surface area (Å²) in [5.74, 6) is 2.15. The first-order valence-corrected chi connectivity index (χ1v) is 11.0. The minimum Gasteiger partial charge on any atom is -0.497 e. The van der Waals surface area contributed by atoms with Gasteiger partial charge in [-0.15, -0.1) is 0 Å². The van der Waals surface area contributed by atoms with E-state index < -0.39 is 0 Å². The molecule has 0 aliphatic carbocycles. The van der Waals surface area contributed by atoms with Crippen molar-refractivity contribution in [2.75, 3.05) is 61.2 Å². The zero-order valence-electron chi connectivity index (χ0n) is 19.9. The molecule has 0 atom stereocenters. The summed E-state index contributed by atoms with van der Waals surface area (Å²) in [5, 5.41) is 7.63. The number of carbonyl (C=O) groups excluding carboxylic acids is 1. The van der Waals surface area contributed by atoms with Crippen molar-refractivity contribution in [1.29, 1.82) is 0 Å². The van der Waals surface area contributed by atoms with E-state index in [-0.39, 0.29) is 12.5 Å². The molecule has 0 aliphatic rings. The second-order valence-electron chi connectivity index (χ2n) is 7.55. The molecule has 0 radical (unpaired) electrons. The van der Waals surface area contributed by atoms with Gasteiger partial charge >= 0.3 is 0 Å². The minimum atomic E-state index is -0.0390. The molecule has 0 spiro atoms. The highest BCUT2D eigenvalue weighted by molar-refractivity contribution is 5.88. The van der Waals surface area contributed by atoms with E-state index in [1.165, 1.54) is 4.90 Å². The number of hydrogen-bond acceptors (Lipinski definition) is 5. The summed E-state index contributed by atoms with van der Waals surface area (Å²) < 4.78 is 16.2. The van der Waals surface area contributed by atoms with Gasteiger partial charge in [-0.25, -0.2) is 4.99 Å². The Morgan fingerprint density at radius 1 is 1.09 bits per heavy atom. The van der Waals surface area contributed by atoms with E-state index in [2.05, 4.69) is 26.7 Å². The number of rotatable bonds is 13. The van der Waals surface area contributed by atoms with Gasteiger partial charge in [-0.2, -0.15) is 0 Å². The molecule has 1 amide bonds. The number of hydrogen-bond donors (Lipinski definition) is 3. The third-order valence-corrected chi connectivity index (χ3v) is 4.93. The number of guanidine groups is 1. The number of carbonyl (C=O) groups is 1. The van der Waals surface area contributed by atoms with Gasteiger partial charge < -0.3 is 34.7 Å². The van der Waals surface area contributed by atoms with Gasteiger partial charge in [-0.1, -0.05) is 0 Å². The topological polar surface area (TPSA) is 100 Å². The normalized spacial score (nSPS) is 11.5. The summed E-state index contributed by atoms with van der Waals surface area (Å²) in [6.07, 6.45) is 2.63. The summed E-state index contributed by atoms with van der Waals surface area (Å²) in [5.41, 5.74) is 2.11. The van der Waals surface area contributed by atoms with E-state index >= 15 is 0 Å². The van der Waals surface area contributed by atoms with Crippen LogP contribution in [0.1, 0.15) is 25.5 Å². The van der Waals surface area contributed by atoms with Crippen LogP contribution in [-0.2, 0) is 16.0 Å². The monoisotopic (exact) mass is 447 g/mol. The van der Waals surface area contributed by atoms with Crippen molar-refractivity contribution in [1.82, 2.24) is 20.5 Å². The molecule has 3 N–H and O–H groups in total. The standard InChI is InChI=1S/C23H37N5O4/c1-6-32-12-8-11-25-23(26-16-22(29)28(2)3)24-10-7-9-17-13-19-20(27-17)14-18(30-4)15-21(19)31-5/h13-15,27H,6-12,16H2,1-5H3,(H2,24,25,26). The molecule has 0 unspecified atom stereocenters. The fourth-order valence-electron chi connectivity index (χ4n) is 3.13. The Kier molecular flexibility index (Phi) is 10.7. The number of aromatic nitrogens is 1. The highest BCUT2D eigenvalue weighted by Gasteiger charge is 2.09. The molecule has 9 heteroatoms. The van der Waals surface area contributed by atoms with Gasteiger partial charge in [0.25, 0.3) is 0 Å². The van der Waals surface area contributed by atoms with E-state index in [0.29, 0.717) is 19.2 Å². The van der Waals surface area contributed by atoms with Crippen LogP contribution in [0.2, 0.25) is 0 Å². The first kappa shape index (κ1) is 25.3. The number of likely N-dealkylation sites (N-methyl/N-ethyl adjacent to an activating group) is 1. The number of nitrogens with one attached hydrogen (secondary N) is 3. The lowest BCUT2D eigenvalue weighted by Gasteiger charge is -2.13. The van der Waals surface area contributed by atoms with Crippen LogP contribution in [0.15, 0.2) is 23.2 Å². The predicted molar refractivity (Wildman–Crippen MR) is 128 cm³/mol. The SMILES string of the molecule is CCOCCCNC(=NCC(=O)N(C)C)NCCCc1cc2c(OC)cc(OC)cc2[nH]1. The van der Waals surface area contributed by atoms with Crippen LogP contribution in [0.5, 0.6) is 11.5 Å². The number of fused-ring (bicyclic) bond motifs is 1. The Labute approximate surface area is 190 Å². The molecule has 2 rings (SSSR count). The molecule has 2 aromatic rings.